The molecule has 1 fully saturated rings. The van der Waals surface area contributed by atoms with E-state index in [2.05, 4.69) is 11.8 Å². The van der Waals surface area contributed by atoms with Gasteiger partial charge in [0.2, 0.25) is 0 Å². The molecule has 0 aromatic heterocycles. The zero-order chi connectivity index (χ0) is 24.6. The van der Waals surface area contributed by atoms with Crippen LogP contribution in [-0.2, 0) is 26.9 Å². The summed E-state index contributed by atoms with van der Waals surface area (Å²) in [5.74, 6) is 0.307. The topological polar surface area (TPSA) is 105 Å². The summed E-state index contributed by atoms with van der Waals surface area (Å²) in [7, 11) is -2.29. The van der Waals surface area contributed by atoms with Gasteiger partial charge >= 0.3 is 0 Å². The Morgan fingerprint density at radius 2 is 1.62 bits per heavy atom. The van der Waals surface area contributed by atoms with Crippen molar-refractivity contribution in [1.29, 1.82) is 0 Å². The molecule has 0 saturated carbocycles. The molecule has 2 aromatic rings. The molecule has 0 bridgehead atoms. The van der Waals surface area contributed by atoms with Crippen molar-refractivity contribution in [2.24, 2.45) is 0 Å². The van der Waals surface area contributed by atoms with Crippen molar-refractivity contribution in [2.45, 2.75) is 49.7 Å². The summed E-state index contributed by atoms with van der Waals surface area (Å²) in [6.45, 7) is 4.17. The molecular formula is C25H34N2O6S. The molecule has 2 aromatic carbocycles. The van der Waals surface area contributed by atoms with Crippen LogP contribution in [-0.4, -0.2) is 56.0 Å². The Labute approximate surface area is 201 Å². The molecule has 9 heteroatoms. The molecule has 1 aliphatic heterocycles. The average molecular weight is 491 g/mol. The summed E-state index contributed by atoms with van der Waals surface area (Å²) < 4.78 is 36.1. The largest absolute Gasteiger partial charge is 0.497 e. The molecule has 1 saturated heterocycles. The lowest BCUT2D eigenvalue weighted by Gasteiger charge is -2.39. The lowest BCUT2D eigenvalue weighted by molar-refractivity contribution is -0.133. The Hall–Kier alpha value is -2.62. The fraction of sp³-hybridized carbons (Fsp3) is 0.480. The van der Waals surface area contributed by atoms with Crippen LogP contribution in [0.3, 0.4) is 0 Å². The number of ether oxygens (including phenoxy) is 2. The van der Waals surface area contributed by atoms with E-state index in [0.717, 1.165) is 24.2 Å². The second kappa shape index (κ2) is 11.7. The number of hydrogen-bond donors (Lipinski definition) is 2. The summed E-state index contributed by atoms with van der Waals surface area (Å²) in [5.41, 5.74) is 3.26. The smallest absolute Gasteiger partial charge is 0.264 e. The maximum Gasteiger partial charge on any atom is 0.264 e. The van der Waals surface area contributed by atoms with Crippen LogP contribution in [0.1, 0.15) is 43.7 Å². The van der Waals surface area contributed by atoms with E-state index in [0.29, 0.717) is 37.6 Å². The highest BCUT2D eigenvalue weighted by molar-refractivity contribution is 7.92. The molecule has 186 valence electrons. The van der Waals surface area contributed by atoms with Crippen LogP contribution in [0.5, 0.6) is 11.5 Å². The number of sulfone groups is 1. The van der Waals surface area contributed by atoms with Crippen molar-refractivity contribution in [3.05, 3.63) is 59.7 Å². The van der Waals surface area contributed by atoms with Crippen LogP contribution < -0.4 is 15.0 Å². The van der Waals surface area contributed by atoms with Crippen molar-refractivity contribution in [3.63, 3.8) is 0 Å². The number of carbonyl (C=O) groups is 1. The van der Waals surface area contributed by atoms with Crippen LogP contribution in [0.15, 0.2) is 48.5 Å². The van der Waals surface area contributed by atoms with E-state index in [1.807, 2.05) is 24.3 Å². The zero-order valence-corrected chi connectivity index (χ0v) is 20.6. The number of piperidine rings is 1. The second-order valence-electron chi connectivity index (χ2n) is 8.66. The van der Waals surface area contributed by atoms with Gasteiger partial charge in [-0.05, 0) is 54.7 Å². The van der Waals surface area contributed by atoms with Gasteiger partial charge in [0.25, 0.3) is 5.91 Å². The Bertz CT molecular complexity index is 1030. The first kappa shape index (κ1) is 26.0. The summed E-state index contributed by atoms with van der Waals surface area (Å²) in [6, 6.07) is 14.6. The maximum absolute atomic E-state index is 13.5. The van der Waals surface area contributed by atoms with Crippen molar-refractivity contribution in [1.82, 2.24) is 10.4 Å². The number of benzene rings is 2. The van der Waals surface area contributed by atoms with E-state index in [-0.39, 0.29) is 18.6 Å². The van der Waals surface area contributed by atoms with Crippen LogP contribution in [0.4, 0.5) is 0 Å². The van der Waals surface area contributed by atoms with Gasteiger partial charge < -0.3 is 9.47 Å². The highest BCUT2D eigenvalue weighted by atomic mass is 32.2. The number of nitrogens with zero attached hydrogens (tertiary/aromatic N) is 1. The van der Waals surface area contributed by atoms with Crippen LogP contribution in [0.2, 0.25) is 0 Å². The lowest BCUT2D eigenvalue weighted by atomic mass is 9.94. The quantitative estimate of drug-likeness (QED) is 0.283. The van der Waals surface area contributed by atoms with Crippen LogP contribution in [0.25, 0.3) is 0 Å². The molecular weight excluding hydrogens is 456 g/mol. The maximum atomic E-state index is 13.5. The minimum absolute atomic E-state index is 0.107. The van der Waals surface area contributed by atoms with Gasteiger partial charge in [0.15, 0.2) is 14.6 Å². The van der Waals surface area contributed by atoms with Gasteiger partial charge in [-0.15, -0.1) is 0 Å². The molecule has 1 amide bonds. The summed E-state index contributed by atoms with van der Waals surface area (Å²) in [5, 5.41) is 9.37. The monoisotopic (exact) mass is 490 g/mol. The molecule has 0 radical (unpaired) electrons. The molecule has 1 aliphatic rings. The zero-order valence-electron chi connectivity index (χ0n) is 19.8. The number of amides is 1. The lowest BCUT2D eigenvalue weighted by Crippen LogP contribution is -2.57. The molecule has 0 unspecified atom stereocenters. The number of hydrogen-bond acceptors (Lipinski definition) is 7. The van der Waals surface area contributed by atoms with E-state index >= 15 is 0 Å². The molecule has 1 heterocycles. The molecule has 8 nitrogen and oxygen atoms in total. The minimum Gasteiger partial charge on any atom is -0.497 e. The SMILES string of the molecule is CCCCOc1ccc(CS(=O)(=O)C2(C(=O)NO)CCN(Cc3ccc(OC)cc3)CC2)cc1. The van der Waals surface area contributed by atoms with Crippen molar-refractivity contribution >= 4 is 15.7 Å². The summed E-state index contributed by atoms with van der Waals surface area (Å²) in [6.07, 6.45) is 2.19. The predicted molar refractivity (Wildman–Crippen MR) is 130 cm³/mol. The van der Waals surface area contributed by atoms with Crippen molar-refractivity contribution < 1.29 is 27.9 Å². The Morgan fingerprint density at radius 1 is 1.03 bits per heavy atom. The third kappa shape index (κ3) is 6.08. The number of hydroxylamine groups is 1. The van der Waals surface area contributed by atoms with E-state index in [1.54, 1.807) is 36.9 Å². The molecule has 0 aliphatic carbocycles. The van der Waals surface area contributed by atoms with Gasteiger partial charge in [-0.2, -0.15) is 0 Å². The van der Waals surface area contributed by atoms with Crippen molar-refractivity contribution in [3.8, 4) is 11.5 Å². The number of likely N-dealkylation sites (tertiary alicyclic amines) is 1. The highest BCUT2D eigenvalue weighted by Crippen LogP contribution is 2.34. The Kier molecular flexibility index (Phi) is 8.93. The third-order valence-corrected chi connectivity index (χ3v) is 8.88. The molecule has 0 atom stereocenters. The van der Waals surface area contributed by atoms with Gasteiger partial charge in [-0.1, -0.05) is 37.6 Å². The number of carbonyl (C=O) groups excluding carboxylic acids is 1. The Morgan fingerprint density at radius 3 is 2.18 bits per heavy atom. The van der Waals surface area contributed by atoms with Crippen LogP contribution in [0, 0.1) is 0 Å². The first-order valence-corrected chi connectivity index (χ1v) is 13.2. The molecule has 34 heavy (non-hydrogen) atoms. The summed E-state index contributed by atoms with van der Waals surface area (Å²) in [4.78, 5) is 14.8. The normalized spacial score (nSPS) is 16.1. The highest BCUT2D eigenvalue weighted by Gasteiger charge is 2.52. The second-order valence-corrected chi connectivity index (χ2v) is 11.0. The van der Waals surface area contributed by atoms with Crippen LogP contribution >= 0.6 is 0 Å². The summed E-state index contributed by atoms with van der Waals surface area (Å²) >= 11 is 0. The Balaban J connectivity index is 1.68. The number of nitrogens with one attached hydrogen (secondary N) is 1. The van der Waals surface area contributed by atoms with Gasteiger partial charge in [-0.25, -0.2) is 13.9 Å². The molecule has 0 spiro atoms. The van der Waals surface area contributed by atoms with E-state index in [4.69, 9.17) is 9.47 Å². The first-order chi connectivity index (χ1) is 16.3. The van der Waals surface area contributed by atoms with Crippen molar-refractivity contribution in [2.75, 3.05) is 26.8 Å². The third-order valence-electron chi connectivity index (χ3n) is 6.39. The first-order valence-electron chi connectivity index (χ1n) is 11.6. The van der Waals surface area contributed by atoms with Gasteiger partial charge in [0, 0.05) is 19.6 Å². The van der Waals surface area contributed by atoms with Gasteiger partial charge in [0.1, 0.15) is 11.5 Å². The number of methoxy groups -OCH3 is 1. The predicted octanol–water partition coefficient (Wildman–Crippen LogP) is 3.33. The fourth-order valence-corrected chi connectivity index (χ4v) is 6.26. The minimum atomic E-state index is -3.90. The van der Waals surface area contributed by atoms with Gasteiger partial charge in [-0.3, -0.25) is 14.9 Å². The standard InChI is InChI=1S/C25H34N2O6S/c1-3-4-17-33-23-11-7-21(8-12-23)19-34(30,31)25(24(28)26-29)13-15-27(16-14-25)18-20-5-9-22(32-2)10-6-20/h5-12,29H,3-4,13-19H2,1-2H3,(H,26,28). The van der Waals surface area contributed by atoms with Gasteiger partial charge in [0.05, 0.1) is 19.5 Å². The number of rotatable bonds is 11. The molecule has 2 N–H and O–H groups in total. The van der Waals surface area contributed by atoms with E-state index in [1.165, 1.54) is 0 Å². The van der Waals surface area contributed by atoms with E-state index in [9.17, 15) is 18.4 Å². The average Bonchev–Trinajstić information content (AvgIpc) is 2.85. The number of unbranched alkanes of at least 4 members (excludes halogenated alkanes) is 1. The molecule has 3 rings (SSSR count). The van der Waals surface area contributed by atoms with E-state index < -0.39 is 20.5 Å². The fourth-order valence-electron chi connectivity index (χ4n) is 4.22.